The van der Waals surface area contributed by atoms with Gasteiger partial charge in [-0.2, -0.15) is 0 Å². The van der Waals surface area contributed by atoms with E-state index < -0.39 is 0 Å². The predicted octanol–water partition coefficient (Wildman–Crippen LogP) is 5.30. The van der Waals surface area contributed by atoms with Crippen LogP contribution in [0.2, 0.25) is 5.02 Å². The van der Waals surface area contributed by atoms with Crippen molar-refractivity contribution in [1.29, 1.82) is 0 Å². The lowest BCUT2D eigenvalue weighted by Crippen LogP contribution is -2.06. The summed E-state index contributed by atoms with van der Waals surface area (Å²) in [6, 6.07) is 12.4. The minimum absolute atomic E-state index is 0.224. The summed E-state index contributed by atoms with van der Waals surface area (Å²) in [7, 11) is 0. The summed E-state index contributed by atoms with van der Waals surface area (Å²) in [5.74, 6) is 0.957. The van der Waals surface area contributed by atoms with Crippen LogP contribution < -0.4 is 0 Å². The Balaban J connectivity index is 2.12. The van der Waals surface area contributed by atoms with E-state index in [1.165, 1.54) is 6.07 Å². The van der Waals surface area contributed by atoms with E-state index >= 15 is 0 Å². The van der Waals surface area contributed by atoms with Gasteiger partial charge in [0.15, 0.2) is 0 Å². The highest BCUT2D eigenvalue weighted by Crippen LogP contribution is 2.26. The molecule has 2 nitrogen and oxygen atoms in total. The number of nitrogens with zero attached hydrogens (tertiary/aromatic N) is 2. The number of halogens is 3. The predicted molar refractivity (Wildman–Crippen MR) is 92.1 cm³/mol. The fraction of sp³-hybridized carbons (Fsp3) is 0.167. The highest BCUT2D eigenvalue weighted by molar-refractivity contribution is 6.30. The van der Waals surface area contributed by atoms with E-state index in [-0.39, 0.29) is 5.82 Å². The van der Waals surface area contributed by atoms with E-state index in [4.69, 9.17) is 23.2 Å². The van der Waals surface area contributed by atoms with E-state index in [9.17, 15) is 4.39 Å². The lowest BCUT2D eigenvalue weighted by atomic mass is 10.0. The van der Waals surface area contributed by atoms with Gasteiger partial charge in [0, 0.05) is 11.4 Å². The van der Waals surface area contributed by atoms with Crippen molar-refractivity contribution in [3.8, 4) is 5.69 Å². The van der Waals surface area contributed by atoms with Crippen molar-refractivity contribution in [1.82, 2.24) is 9.55 Å². The van der Waals surface area contributed by atoms with Crippen LogP contribution in [0, 0.1) is 12.7 Å². The molecule has 0 bridgehead atoms. The lowest BCUT2D eigenvalue weighted by molar-refractivity contribution is 0.614. The zero-order valence-corrected chi connectivity index (χ0v) is 14.1. The topological polar surface area (TPSA) is 17.8 Å². The molecule has 0 saturated carbocycles. The van der Waals surface area contributed by atoms with Crippen LogP contribution in [0.1, 0.15) is 22.6 Å². The van der Waals surface area contributed by atoms with Gasteiger partial charge in [-0.25, -0.2) is 9.37 Å². The second kappa shape index (κ2) is 6.73. The number of benzene rings is 2. The normalized spacial score (nSPS) is 11.0. The average molecular weight is 349 g/mol. The Morgan fingerprint density at radius 2 is 1.91 bits per heavy atom. The van der Waals surface area contributed by atoms with Gasteiger partial charge in [0.05, 0.1) is 23.5 Å². The quantitative estimate of drug-likeness (QED) is 0.584. The number of aryl methyl sites for hydroxylation is 1. The third kappa shape index (κ3) is 3.26. The molecule has 3 aromatic rings. The average Bonchev–Trinajstić information content (AvgIpc) is 2.91. The van der Waals surface area contributed by atoms with Crippen molar-refractivity contribution in [3.63, 3.8) is 0 Å². The summed E-state index contributed by atoms with van der Waals surface area (Å²) >= 11 is 12.2. The number of rotatable bonds is 4. The highest BCUT2D eigenvalue weighted by Gasteiger charge is 2.14. The van der Waals surface area contributed by atoms with Crippen molar-refractivity contribution in [2.75, 3.05) is 0 Å². The van der Waals surface area contributed by atoms with Crippen LogP contribution in [0.3, 0.4) is 0 Å². The molecule has 23 heavy (non-hydrogen) atoms. The van der Waals surface area contributed by atoms with E-state index in [0.29, 0.717) is 22.9 Å². The standard InChI is InChI=1S/C18H15Cl2FN2/c1-12-22-11-16(10-19)23(12)18-7-6-15(20)9-14(18)8-13-4-2-3-5-17(13)21/h2-7,9,11H,8,10H2,1H3. The monoisotopic (exact) mass is 348 g/mol. The third-order valence-corrected chi connectivity index (χ3v) is 4.28. The first-order valence-corrected chi connectivity index (χ1v) is 8.13. The second-order valence-corrected chi connectivity index (χ2v) is 6.01. The van der Waals surface area contributed by atoms with Crippen LogP contribution in [0.25, 0.3) is 5.69 Å². The number of imidazole rings is 1. The Morgan fingerprint density at radius 3 is 2.65 bits per heavy atom. The highest BCUT2D eigenvalue weighted by atomic mass is 35.5. The van der Waals surface area contributed by atoms with Gasteiger partial charge in [-0.1, -0.05) is 29.8 Å². The van der Waals surface area contributed by atoms with Gasteiger partial charge in [-0.05, 0) is 42.3 Å². The van der Waals surface area contributed by atoms with Gasteiger partial charge in [0.1, 0.15) is 11.6 Å². The summed E-state index contributed by atoms with van der Waals surface area (Å²) < 4.78 is 16.0. The molecule has 0 fully saturated rings. The van der Waals surface area contributed by atoms with Crippen molar-refractivity contribution in [2.24, 2.45) is 0 Å². The summed E-state index contributed by atoms with van der Waals surface area (Å²) in [5, 5.41) is 0.616. The van der Waals surface area contributed by atoms with Crippen molar-refractivity contribution in [3.05, 3.63) is 82.1 Å². The maximum atomic E-state index is 14.0. The first-order valence-electron chi connectivity index (χ1n) is 7.21. The van der Waals surface area contributed by atoms with Crippen LogP contribution in [0.5, 0.6) is 0 Å². The molecule has 3 rings (SSSR count). The molecule has 0 saturated heterocycles. The van der Waals surface area contributed by atoms with Crippen molar-refractivity contribution >= 4 is 23.2 Å². The van der Waals surface area contributed by atoms with Crippen LogP contribution in [0.15, 0.2) is 48.7 Å². The van der Waals surface area contributed by atoms with E-state index in [0.717, 1.165) is 22.8 Å². The van der Waals surface area contributed by atoms with E-state index in [1.54, 1.807) is 18.3 Å². The Bertz CT molecular complexity index is 843. The summed E-state index contributed by atoms with van der Waals surface area (Å²) in [6.07, 6.45) is 2.20. The molecule has 118 valence electrons. The minimum atomic E-state index is -0.224. The summed E-state index contributed by atoms with van der Waals surface area (Å²) in [6.45, 7) is 1.91. The van der Waals surface area contributed by atoms with Crippen LogP contribution in [-0.4, -0.2) is 9.55 Å². The number of hydrogen-bond acceptors (Lipinski definition) is 1. The molecule has 0 unspecified atom stereocenters. The van der Waals surface area contributed by atoms with E-state index in [1.807, 2.05) is 35.8 Å². The van der Waals surface area contributed by atoms with Gasteiger partial charge in [0.2, 0.25) is 0 Å². The van der Waals surface area contributed by atoms with Crippen molar-refractivity contribution in [2.45, 2.75) is 19.2 Å². The fourth-order valence-corrected chi connectivity index (χ4v) is 3.06. The molecular formula is C18H15Cl2FN2. The van der Waals surface area contributed by atoms with Crippen LogP contribution >= 0.6 is 23.2 Å². The zero-order valence-electron chi connectivity index (χ0n) is 12.6. The smallest absolute Gasteiger partial charge is 0.126 e. The Kier molecular flexibility index (Phi) is 4.69. The fourth-order valence-electron chi connectivity index (χ4n) is 2.68. The molecule has 5 heteroatoms. The third-order valence-electron chi connectivity index (χ3n) is 3.77. The molecular weight excluding hydrogens is 334 g/mol. The van der Waals surface area contributed by atoms with Gasteiger partial charge in [-0.15, -0.1) is 11.6 Å². The summed E-state index contributed by atoms with van der Waals surface area (Å²) in [4.78, 5) is 4.32. The SMILES string of the molecule is Cc1ncc(CCl)n1-c1ccc(Cl)cc1Cc1ccccc1F. The zero-order chi connectivity index (χ0) is 16.4. The van der Waals surface area contributed by atoms with Crippen LogP contribution in [0.4, 0.5) is 4.39 Å². The molecule has 0 N–H and O–H groups in total. The largest absolute Gasteiger partial charge is 0.299 e. The van der Waals surface area contributed by atoms with Gasteiger partial charge in [0.25, 0.3) is 0 Å². The molecule has 1 heterocycles. The lowest BCUT2D eigenvalue weighted by Gasteiger charge is -2.15. The Morgan fingerprint density at radius 1 is 1.13 bits per heavy atom. The van der Waals surface area contributed by atoms with Gasteiger partial charge < -0.3 is 0 Å². The number of hydrogen-bond donors (Lipinski definition) is 0. The molecule has 0 amide bonds. The second-order valence-electron chi connectivity index (χ2n) is 5.31. The van der Waals surface area contributed by atoms with E-state index in [2.05, 4.69) is 4.98 Å². The molecule has 0 radical (unpaired) electrons. The molecule has 0 atom stereocenters. The molecule has 0 spiro atoms. The first-order chi connectivity index (χ1) is 11.1. The first kappa shape index (κ1) is 16.0. The van der Waals surface area contributed by atoms with Crippen LogP contribution in [-0.2, 0) is 12.3 Å². The molecule has 1 aromatic heterocycles. The van der Waals surface area contributed by atoms with Gasteiger partial charge >= 0.3 is 0 Å². The maximum absolute atomic E-state index is 14.0. The molecule has 0 aliphatic carbocycles. The van der Waals surface area contributed by atoms with Gasteiger partial charge in [-0.3, -0.25) is 4.57 Å². The minimum Gasteiger partial charge on any atom is -0.299 e. The summed E-state index contributed by atoms with van der Waals surface area (Å²) in [5.41, 5.74) is 3.36. The maximum Gasteiger partial charge on any atom is 0.126 e. The van der Waals surface area contributed by atoms with Crippen molar-refractivity contribution < 1.29 is 4.39 Å². The Hall–Kier alpha value is -1.84. The Labute approximate surface area is 144 Å². The number of aromatic nitrogens is 2. The number of alkyl halides is 1. The molecule has 2 aromatic carbocycles. The molecule has 0 aliphatic heterocycles. The molecule has 0 aliphatic rings.